The van der Waals surface area contributed by atoms with Gasteiger partial charge in [0.05, 0.1) is 6.10 Å². The van der Waals surface area contributed by atoms with E-state index in [9.17, 15) is 0 Å². The second kappa shape index (κ2) is 3.75. The van der Waals surface area contributed by atoms with Gasteiger partial charge in [-0.2, -0.15) is 0 Å². The van der Waals surface area contributed by atoms with Gasteiger partial charge in [0.25, 0.3) is 0 Å². The van der Waals surface area contributed by atoms with Gasteiger partial charge in [0.2, 0.25) is 0 Å². The molecule has 12 heavy (non-hydrogen) atoms. The minimum atomic E-state index is 0.311. The van der Waals surface area contributed by atoms with Crippen molar-refractivity contribution in [3.8, 4) is 0 Å². The number of rotatable bonds is 2. The van der Waals surface area contributed by atoms with Gasteiger partial charge < -0.3 is 4.74 Å². The van der Waals surface area contributed by atoms with Crippen molar-refractivity contribution in [1.29, 1.82) is 0 Å². The fourth-order valence-corrected chi connectivity index (χ4v) is 1.71. The zero-order valence-electron chi connectivity index (χ0n) is 8.76. The SMILES string of the molecule is CCO[C@@H]1CCN(C(C)(C)C)C1. The molecule has 1 fully saturated rings. The first-order valence-corrected chi connectivity index (χ1v) is 4.90. The number of likely N-dealkylation sites (tertiary alicyclic amines) is 1. The van der Waals surface area contributed by atoms with Crippen molar-refractivity contribution in [2.75, 3.05) is 19.7 Å². The second-order valence-corrected chi connectivity index (χ2v) is 4.48. The maximum atomic E-state index is 5.59. The molecule has 0 radical (unpaired) electrons. The van der Waals surface area contributed by atoms with Gasteiger partial charge >= 0.3 is 0 Å². The Hall–Kier alpha value is -0.0800. The number of hydrogen-bond acceptors (Lipinski definition) is 2. The fourth-order valence-electron chi connectivity index (χ4n) is 1.71. The molecule has 2 nitrogen and oxygen atoms in total. The van der Waals surface area contributed by atoms with E-state index in [1.165, 1.54) is 13.0 Å². The average Bonchev–Trinajstić information content (AvgIpc) is 2.35. The van der Waals surface area contributed by atoms with Crippen LogP contribution in [0.3, 0.4) is 0 Å². The molecule has 1 aliphatic rings. The predicted octanol–water partition coefficient (Wildman–Crippen LogP) is 1.90. The van der Waals surface area contributed by atoms with E-state index in [1.54, 1.807) is 0 Å². The first kappa shape index (κ1) is 10.0. The first-order chi connectivity index (χ1) is 5.54. The van der Waals surface area contributed by atoms with Crippen LogP contribution in [0.15, 0.2) is 0 Å². The summed E-state index contributed by atoms with van der Waals surface area (Å²) in [4.78, 5) is 2.49. The van der Waals surface area contributed by atoms with Gasteiger partial charge in [-0.1, -0.05) is 0 Å². The molecule has 0 unspecified atom stereocenters. The third-order valence-corrected chi connectivity index (χ3v) is 2.50. The van der Waals surface area contributed by atoms with Gasteiger partial charge in [0.15, 0.2) is 0 Å². The van der Waals surface area contributed by atoms with Crippen LogP contribution in [-0.4, -0.2) is 36.2 Å². The number of hydrogen-bond donors (Lipinski definition) is 0. The lowest BCUT2D eigenvalue weighted by Crippen LogP contribution is -2.40. The van der Waals surface area contributed by atoms with E-state index in [2.05, 4.69) is 32.6 Å². The third-order valence-electron chi connectivity index (χ3n) is 2.50. The van der Waals surface area contributed by atoms with Crippen LogP contribution in [-0.2, 0) is 4.74 Å². The minimum Gasteiger partial charge on any atom is -0.377 e. The lowest BCUT2D eigenvalue weighted by atomic mass is 10.1. The third kappa shape index (κ3) is 2.46. The summed E-state index contributed by atoms with van der Waals surface area (Å²) in [6.45, 7) is 12.0. The Labute approximate surface area is 75.9 Å². The molecular formula is C10H21NO. The molecule has 0 saturated carbocycles. The monoisotopic (exact) mass is 171 g/mol. The summed E-state index contributed by atoms with van der Waals surface area (Å²) >= 11 is 0. The van der Waals surface area contributed by atoms with Crippen LogP contribution in [0, 0.1) is 0 Å². The van der Waals surface area contributed by atoms with Crippen molar-refractivity contribution in [2.24, 2.45) is 0 Å². The summed E-state index contributed by atoms with van der Waals surface area (Å²) in [6.07, 6.45) is 1.68. The molecule has 1 heterocycles. The van der Waals surface area contributed by atoms with Gasteiger partial charge in [-0.25, -0.2) is 0 Å². The smallest absolute Gasteiger partial charge is 0.0714 e. The zero-order chi connectivity index (χ0) is 9.19. The summed E-state index contributed by atoms with van der Waals surface area (Å²) in [7, 11) is 0. The molecule has 0 bridgehead atoms. The van der Waals surface area contributed by atoms with Gasteiger partial charge in [-0.05, 0) is 34.1 Å². The Kier molecular flexibility index (Phi) is 3.13. The highest BCUT2D eigenvalue weighted by atomic mass is 16.5. The van der Waals surface area contributed by atoms with Crippen molar-refractivity contribution >= 4 is 0 Å². The summed E-state index contributed by atoms with van der Waals surface area (Å²) in [5.41, 5.74) is 0.311. The van der Waals surface area contributed by atoms with E-state index in [1.807, 2.05) is 0 Å². The highest BCUT2D eigenvalue weighted by Crippen LogP contribution is 2.21. The minimum absolute atomic E-state index is 0.311. The van der Waals surface area contributed by atoms with E-state index >= 15 is 0 Å². The number of nitrogens with zero attached hydrogens (tertiary/aromatic N) is 1. The molecule has 72 valence electrons. The van der Waals surface area contributed by atoms with Crippen LogP contribution in [0.2, 0.25) is 0 Å². The van der Waals surface area contributed by atoms with Crippen LogP contribution in [0.5, 0.6) is 0 Å². The molecule has 0 N–H and O–H groups in total. The standard InChI is InChI=1S/C10H21NO/c1-5-12-9-6-7-11(8-9)10(2,3)4/h9H,5-8H2,1-4H3/t9-/m1/s1. The lowest BCUT2D eigenvalue weighted by molar-refractivity contribution is 0.0575. The van der Waals surface area contributed by atoms with Crippen molar-refractivity contribution < 1.29 is 4.74 Å². The van der Waals surface area contributed by atoms with Crippen molar-refractivity contribution in [1.82, 2.24) is 4.90 Å². The molecule has 0 aromatic carbocycles. The molecule has 0 aliphatic carbocycles. The summed E-state index contributed by atoms with van der Waals surface area (Å²) in [5.74, 6) is 0. The molecule has 1 rings (SSSR count). The molecule has 1 saturated heterocycles. The zero-order valence-corrected chi connectivity index (χ0v) is 8.76. The van der Waals surface area contributed by atoms with Crippen molar-refractivity contribution in [3.05, 3.63) is 0 Å². The van der Waals surface area contributed by atoms with E-state index in [-0.39, 0.29) is 0 Å². The van der Waals surface area contributed by atoms with Crippen LogP contribution in [0.25, 0.3) is 0 Å². The van der Waals surface area contributed by atoms with Crippen LogP contribution in [0.4, 0.5) is 0 Å². The highest BCUT2D eigenvalue weighted by Gasteiger charge is 2.30. The van der Waals surface area contributed by atoms with E-state index in [4.69, 9.17) is 4.74 Å². The molecule has 0 aromatic heterocycles. The van der Waals surface area contributed by atoms with E-state index < -0.39 is 0 Å². The lowest BCUT2D eigenvalue weighted by Gasteiger charge is -2.31. The molecular weight excluding hydrogens is 150 g/mol. The van der Waals surface area contributed by atoms with Crippen molar-refractivity contribution in [2.45, 2.75) is 45.8 Å². The molecule has 0 amide bonds. The van der Waals surface area contributed by atoms with E-state index in [0.717, 1.165) is 13.2 Å². The molecule has 1 aliphatic heterocycles. The van der Waals surface area contributed by atoms with E-state index in [0.29, 0.717) is 11.6 Å². The summed E-state index contributed by atoms with van der Waals surface area (Å²) < 4.78 is 5.59. The molecule has 1 atom stereocenters. The summed E-state index contributed by atoms with van der Waals surface area (Å²) in [6, 6.07) is 0. The Bertz CT molecular complexity index is 139. The Morgan fingerprint density at radius 3 is 2.50 bits per heavy atom. The first-order valence-electron chi connectivity index (χ1n) is 4.90. The quantitative estimate of drug-likeness (QED) is 0.629. The molecule has 2 heteroatoms. The maximum absolute atomic E-state index is 5.59. The van der Waals surface area contributed by atoms with Gasteiger partial charge in [-0.15, -0.1) is 0 Å². The largest absolute Gasteiger partial charge is 0.377 e. The predicted molar refractivity (Wildman–Crippen MR) is 51.4 cm³/mol. The Balaban J connectivity index is 2.35. The Morgan fingerprint density at radius 2 is 2.08 bits per heavy atom. The molecule has 0 aromatic rings. The average molecular weight is 171 g/mol. The van der Waals surface area contributed by atoms with Crippen LogP contribution < -0.4 is 0 Å². The van der Waals surface area contributed by atoms with Crippen molar-refractivity contribution in [3.63, 3.8) is 0 Å². The van der Waals surface area contributed by atoms with Crippen LogP contribution >= 0.6 is 0 Å². The highest BCUT2D eigenvalue weighted by molar-refractivity contribution is 4.85. The van der Waals surface area contributed by atoms with Crippen LogP contribution in [0.1, 0.15) is 34.1 Å². The van der Waals surface area contributed by atoms with Gasteiger partial charge in [0, 0.05) is 25.2 Å². The fraction of sp³-hybridized carbons (Fsp3) is 1.00. The van der Waals surface area contributed by atoms with Gasteiger partial charge in [0.1, 0.15) is 0 Å². The normalized spacial score (nSPS) is 26.5. The topological polar surface area (TPSA) is 12.5 Å². The molecule has 0 spiro atoms. The second-order valence-electron chi connectivity index (χ2n) is 4.48. The van der Waals surface area contributed by atoms with Gasteiger partial charge in [-0.3, -0.25) is 4.90 Å². The number of ether oxygens (including phenoxy) is 1. The summed E-state index contributed by atoms with van der Waals surface area (Å²) in [5, 5.41) is 0. The maximum Gasteiger partial charge on any atom is 0.0714 e. The Morgan fingerprint density at radius 1 is 1.42 bits per heavy atom.